The maximum Gasteiger partial charge on any atom is 0.261 e. The SMILES string of the molecule is COc1ccc2[nH]cc(C(=O)Nc3cc(C)nc4ccc(Cl)cc34)c(=O)c2c1. The molecule has 0 saturated carbocycles. The van der Waals surface area contributed by atoms with Gasteiger partial charge in [-0.2, -0.15) is 0 Å². The summed E-state index contributed by atoms with van der Waals surface area (Å²) in [6, 6.07) is 12.1. The van der Waals surface area contributed by atoms with Crippen molar-refractivity contribution in [2.45, 2.75) is 6.92 Å². The zero-order valence-electron chi connectivity index (χ0n) is 15.2. The van der Waals surface area contributed by atoms with E-state index in [9.17, 15) is 9.59 Å². The lowest BCUT2D eigenvalue weighted by atomic mass is 10.1. The molecule has 1 amide bonds. The summed E-state index contributed by atoms with van der Waals surface area (Å²) in [5.41, 5.74) is 2.24. The number of nitrogens with one attached hydrogen (secondary N) is 2. The predicted octanol–water partition coefficient (Wildman–Crippen LogP) is 4.30. The summed E-state index contributed by atoms with van der Waals surface area (Å²) in [4.78, 5) is 33.1. The molecule has 2 N–H and O–H groups in total. The van der Waals surface area contributed by atoms with E-state index in [4.69, 9.17) is 16.3 Å². The second kappa shape index (κ2) is 6.98. The Kier molecular flexibility index (Phi) is 4.49. The molecule has 0 spiro atoms. The van der Waals surface area contributed by atoms with E-state index in [1.165, 1.54) is 13.3 Å². The Morgan fingerprint density at radius 3 is 2.75 bits per heavy atom. The Morgan fingerprint density at radius 1 is 1.14 bits per heavy atom. The van der Waals surface area contributed by atoms with Gasteiger partial charge in [-0.25, -0.2) is 0 Å². The van der Waals surface area contributed by atoms with Crippen LogP contribution in [0.2, 0.25) is 5.02 Å². The summed E-state index contributed by atoms with van der Waals surface area (Å²) < 4.78 is 5.17. The number of fused-ring (bicyclic) bond motifs is 2. The highest BCUT2D eigenvalue weighted by molar-refractivity contribution is 6.31. The minimum Gasteiger partial charge on any atom is -0.497 e. The van der Waals surface area contributed by atoms with Crippen LogP contribution in [-0.4, -0.2) is 23.0 Å². The first kappa shape index (κ1) is 18.0. The standard InChI is InChI=1S/C21H16ClN3O3/c1-11-7-19(14-8-12(22)3-5-18(14)24-11)25-21(27)16-10-23-17-6-4-13(28-2)9-15(17)20(16)26/h3-10H,1-2H3,(H,23,26)(H,24,25,27). The number of hydrogen-bond acceptors (Lipinski definition) is 4. The molecule has 0 unspecified atom stereocenters. The number of pyridine rings is 2. The Hall–Kier alpha value is -3.38. The van der Waals surface area contributed by atoms with Crippen molar-refractivity contribution in [3.8, 4) is 5.75 Å². The highest BCUT2D eigenvalue weighted by atomic mass is 35.5. The first-order chi connectivity index (χ1) is 13.5. The van der Waals surface area contributed by atoms with Crippen molar-refractivity contribution < 1.29 is 9.53 Å². The number of nitrogens with zero attached hydrogens (tertiary/aromatic N) is 1. The van der Waals surface area contributed by atoms with Gasteiger partial charge in [0, 0.05) is 33.2 Å². The monoisotopic (exact) mass is 393 g/mol. The number of aryl methyl sites for hydroxylation is 1. The lowest BCUT2D eigenvalue weighted by Gasteiger charge is -2.10. The van der Waals surface area contributed by atoms with Crippen LogP contribution in [0.25, 0.3) is 21.8 Å². The van der Waals surface area contributed by atoms with Crippen LogP contribution in [0.5, 0.6) is 5.75 Å². The fraction of sp³-hybridized carbons (Fsp3) is 0.0952. The number of aromatic amines is 1. The molecule has 0 aliphatic rings. The quantitative estimate of drug-likeness (QED) is 0.543. The van der Waals surface area contributed by atoms with Gasteiger partial charge in [0.2, 0.25) is 5.43 Å². The molecule has 0 fully saturated rings. The number of anilines is 1. The maximum atomic E-state index is 12.9. The van der Waals surface area contributed by atoms with Crippen molar-refractivity contribution in [1.82, 2.24) is 9.97 Å². The molecule has 2 aromatic heterocycles. The molecule has 0 aliphatic heterocycles. The van der Waals surface area contributed by atoms with Crippen LogP contribution in [0.1, 0.15) is 16.1 Å². The van der Waals surface area contributed by atoms with Crippen LogP contribution in [-0.2, 0) is 0 Å². The van der Waals surface area contributed by atoms with E-state index in [2.05, 4.69) is 15.3 Å². The van der Waals surface area contributed by atoms with Crippen molar-refractivity contribution in [3.63, 3.8) is 0 Å². The number of H-pyrrole nitrogens is 1. The number of carbonyl (C=O) groups excluding carboxylic acids is 1. The molecule has 28 heavy (non-hydrogen) atoms. The van der Waals surface area contributed by atoms with E-state index in [0.29, 0.717) is 38.3 Å². The van der Waals surface area contributed by atoms with Crippen LogP contribution in [0.4, 0.5) is 5.69 Å². The Balaban J connectivity index is 1.79. The topological polar surface area (TPSA) is 84.1 Å². The molecule has 2 aromatic carbocycles. The number of amides is 1. The van der Waals surface area contributed by atoms with Crippen LogP contribution >= 0.6 is 11.6 Å². The van der Waals surface area contributed by atoms with Gasteiger partial charge < -0.3 is 15.0 Å². The molecule has 4 rings (SSSR count). The van der Waals surface area contributed by atoms with Gasteiger partial charge in [0.05, 0.1) is 18.3 Å². The van der Waals surface area contributed by atoms with Crippen LogP contribution in [0, 0.1) is 6.92 Å². The summed E-state index contributed by atoms with van der Waals surface area (Å²) >= 11 is 6.10. The lowest BCUT2D eigenvalue weighted by Crippen LogP contribution is -2.22. The van der Waals surface area contributed by atoms with E-state index in [1.54, 1.807) is 42.5 Å². The smallest absolute Gasteiger partial charge is 0.261 e. The third-order valence-corrected chi connectivity index (χ3v) is 4.71. The normalized spacial score (nSPS) is 11.0. The molecule has 0 atom stereocenters. The molecule has 0 bridgehead atoms. The molecule has 140 valence electrons. The molecule has 2 heterocycles. The Labute approximate surface area is 165 Å². The predicted molar refractivity (Wildman–Crippen MR) is 111 cm³/mol. The van der Waals surface area contributed by atoms with E-state index < -0.39 is 5.91 Å². The molecule has 4 aromatic rings. The van der Waals surface area contributed by atoms with E-state index in [-0.39, 0.29) is 11.0 Å². The van der Waals surface area contributed by atoms with Gasteiger partial charge in [-0.3, -0.25) is 14.6 Å². The number of carbonyl (C=O) groups is 1. The van der Waals surface area contributed by atoms with Crippen LogP contribution in [0.3, 0.4) is 0 Å². The first-order valence-corrected chi connectivity index (χ1v) is 8.92. The zero-order valence-corrected chi connectivity index (χ0v) is 15.9. The Bertz CT molecular complexity index is 1300. The number of aromatic nitrogens is 2. The number of methoxy groups -OCH3 is 1. The molecular weight excluding hydrogens is 378 g/mol. The minimum absolute atomic E-state index is 0.00500. The maximum absolute atomic E-state index is 12.9. The molecule has 6 nitrogen and oxygen atoms in total. The fourth-order valence-electron chi connectivity index (χ4n) is 3.12. The molecule has 0 aliphatic carbocycles. The van der Waals surface area contributed by atoms with E-state index in [1.807, 2.05) is 6.92 Å². The van der Waals surface area contributed by atoms with Gasteiger partial charge in [-0.15, -0.1) is 0 Å². The highest BCUT2D eigenvalue weighted by Gasteiger charge is 2.15. The zero-order chi connectivity index (χ0) is 19.8. The van der Waals surface area contributed by atoms with Gasteiger partial charge in [-0.1, -0.05) is 11.6 Å². The number of rotatable bonds is 3. The summed E-state index contributed by atoms with van der Waals surface area (Å²) in [6.07, 6.45) is 1.41. The largest absolute Gasteiger partial charge is 0.497 e. The first-order valence-electron chi connectivity index (χ1n) is 8.54. The summed E-state index contributed by atoms with van der Waals surface area (Å²) in [7, 11) is 1.52. The van der Waals surface area contributed by atoms with Crippen molar-refractivity contribution in [2.24, 2.45) is 0 Å². The second-order valence-corrected chi connectivity index (χ2v) is 6.81. The molecular formula is C21H16ClN3O3. The summed E-state index contributed by atoms with van der Waals surface area (Å²) in [5, 5.41) is 4.43. The van der Waals surface area contributed by atoms with Crippen molar-refractivity contribution >= 4 is 45.0 Å². The molecule has 7 heteroatoms. The molecule has 0 radical (unpaired) electrons. The summed E-state index contributed by atoms with van der Waals surface area (Å²) in [6.45, 7) is 1.83. The Morgan fingerprint density at radius 2 is 1.96 bits per heavy atom. The van der Waals surface area contributed by atoms with Crippen molar-refractivity contribution in [2.75, 3.05) is 12.4 Å². The molecule has 0 saturated heterocycles. The minimum atomic E-state index is -0.516. The third kappa shape index (κ3) is 3.18. The average Bonchev–Trinajstić information content (AvgIpc) is 2.68. The number of ether oxygens (including phenoxy) is 1. The van der Waals surface area contributed by atoms with E-state index in [0.717, 1.165) is 5.69 Å². The van der Waals surface area contributed by atoms with Crippen molar-refractivity contribution in [3.05, 3.63) is 75.2 Å². The highest BCUT2D eigenvalue weighted by Crippen LogP contribution is 2.26. The lowest BCUT2D eigenvalue weighted by molar-refractivity contribution is 0.102. The summed E-state index contributed by atoms with van der Waals surface area (Å²) in [5.74, 6) is 0.0267. The van der Waals surface area contributed by atoms with Crippen LogP contribution < -0.4 is 15.5 Å². The average molecular weight is 394 g/mol. The van der Waals surface area contributed by atoms with Gasteiger partial charge in [0.1, 0.15) is 11.3 Å². The third-order valence-electron chi connectivity index (χ3n) is 4.48. The van der Waals surface area contributed by atoms with Gasteiger partial charge in [-0.05, 0) is 49.4 Å². The van der Waals surface area contributed by atoms with Gasteiger partial charge >= 0.3 is 0 Å². The van der Waals surface area contributed by atoms with Gasteiger partial charge in [0.25, 0.3) is 5.91 Å². The van der Waals surface area contributed by atoms with Crippen LogP contribution in [0.15, 0.2) is 53.5 Å². The number of hydrogen-bond donors (Lipinski definition) is 2. The van der Waals surface area contributed by atoms with Crippen molar-refractivity contribution in [1.29, 1.82) is 0 Å². The number of halogens is 1. The van der Waals surface area contributed by atoms with E-state index >= 15 is 0 Å². The fourth-order valence-corrected chi connectivity index (χ4v) is 3.29. The van der Waals surface area contributed by atoms with Gasteiger partial charge in [0.15, 0.2) is 0 Å². The number of benzene rings is 2. The second-order valence-electron chi connectivity index (χ2n) is 6.37.